The van der Waals surface area contributed by atoms with Crippen LogP contribution in [0.1, 0.15) is 13.8 Å². The third-order valence-corrected chi connectivity index (χ3v) is 6.55. The Morgan fingerprint density at radius 1 is 0.933 bits per heavy atom. The molecule has 4 heterocycles. The average Bonchev–Trinajstić information content (AvgIpc) is 3.33. The molecular formula is C22H23FN6S. The molecule has 0 N–H and O–H groups in total. The van der Waals surface area contributed by atoms with E-state index in [-0.39, 0.29) is 5.82 Å². The van der Waals surface area contributed by atoms with Crippen molar-refractivity contribution in [2.75, 3.05) is 31.1 Å². The van der Waals surface area contributed by atoms with Crippen LogP contribution in [0, 0.1) is 5.82 Å². The van der Waals surface area contributed by atoms with Gasteiger partial charge >= 0.3 is 0 Å². The molecule has 1 aliphatic rings. The zero-order valence-corrected chi connectivity index (χ0v) is 17.8. The molecule has 154 valence electrons. The SMILES string of the molecule is CC(C)N1CCN(c2nn3c(-c4ccncc4)c(-c4ccc(F)cc4)nc3s2)CC1. The Balaban J connectivity index is 1.56. The van der Waals surface area contributed by atoms with Crippen molar-refractivity contribution < 1.29 is 4.39 Å². The van der Waals surface area contributed by atoms with Crippen LogP contribution in [0.15, 0.2) is 48.8 Å². The maximum Gasteiger partial charge on any atom is 0.215 e. The van der Waals surface area contributed by atoms with Crippen molar-refractivity contribution in [2.45, 2.75) is 19.9 Å². The fourth-order valence-electron chi connectivity index (χ4n) is 3.87. The lowest BCUT2D eigenvalue weighted by molar-refractivity contribution is 0.209. The first-order valence-electron chi connectivity index (χ1n) is 10.1. The molecule has 0 aliphatic carbocycles. The molecule has 30 heavy (non-hydrogen) atoms. The zero-order chi connectivity index (χ0) is 20.7. The van der Waals surface area contributed by atoms with Crippen LogP contribution < -0.4 is 4.90 Å². The number of imidazole rings is 1. The van der Waals surface area contributed by atoms with Gasteiger partial charge in [0.2, 0.25) is 10.1 Å². The quantitative estimate of drug-likeness (QED) is 0.494. The Morgan fingerprint density at radius 2 is 1.63 bits per heavy atom. The van der Waals surface area contributed by atoms with Crippen molar-refractivity contribution in [3.8, 4) is 22.5 Å². The molecule has 1 aromatic carbocycles. The molecule has 4 aromatic rings. The molecule has 0 bridgehead atoms. The van der Waals surface area contributed by atoms with Gasteiger partial charge in [-0.25, -0.2) is 13.9 Å². The summed E-state index contributed by atoms with van der Waals surface area (Å²) in [5.74, 6) is -0.258. The number of pyridine rings is 1. The zero-order valence-electron chi connectivity index (χ0n) is 17.0. The van der Waals surface area contributed by atoms with Gasteiger partial charge in [0.25, 0.3) is 0 Å². The Hall–Kier alpha value is -2.84. The van der Waals surface area contributed by atoms with E-state index < -0.39 is 0 Å². The summed E-state index contributed by atoms with van der Waals surface area (Å²) in [6.07, 6.45) is 3.53. The van der Waals surface area contributed by atoms with Crippen LogP contribution >= 0.6 is 11.3 Å². The van der Waals surface area contributed by atoms with E-state index in [0.29, 0.717) is 6.04 Å². The van der Waals surface area contributed by atoms with Crippen molar-refractivity contribution >= 4 is 21.4 Å². The number of nitrogens with zero attached hydrogens (tertiary/aromatic N) is 6. The molecule has 5 rings (SSSR count). The lowest BCUT2D eigenvalue weighted by atomic mass is 10.1. The lowest BCUT2D eigenvalue weighted by Crippen LogP contribution is -2.48. The fraction of sp³-hybridized carbons (Fsp3) is 0.318. The molecule has 0 radical (unpaired) electrons. The maximum atomic E-state index is 13.5. The van der Waals surface area contributed by atoms with Crippen LogP contribution in [0.2, 0.25) is 0 Å². The van der Waals surface area contributed by atoms with Crippen molar-refractivity contribution in [1.82, 2.24) is 24.5 Å². The highest BCUT2D eigenvalue weighted by atomic mass is 32.1. The summed E-state index contributed by atoms with van der Waals surface area (Å²) in [7, 11) is 0. The summed E-state index contributed by atoms with van der Waals surface area (Å²) in [6, 6.07) is 10.9. The topological polar surface area (TPSA) is 49.6 Å². The fourth-order valence-corrected chi connectivity index (χ4v) is 4.83. The van der Waals surface area contributed by atoms with E-state index in [9.17, 15) is 4.39 Å². The minimum atomic E-state index is -0.258. The average molecular weight is 423 g/mol. The predicted molar refractivity (Wildman–Crippen MR) is 118 cm³/mol. The number of benzene rings is 1. The molecule has 1 aliphatic heterocycles. The smallest absolute Gasteiger partial charge is 0.215 e. The molecular weight excluding hydrogens is 399 g/mol. The van der Waals surface area contributed by atoms with Gasteiger partial charge in [-0.15, -0.1) is 5.10 Å². The lowest BCUT2D eigenvalue weighted by Gasteiger charge is -2.36. The highest BCUT2D eigenvalue weighted by Crippen LogP contribution is 2.36. The van der Waals surface area contributed by atoms with Gasteiger partial charge in [0.05, 0.1) is 0 Å². The van der Waals surface area contributed by atoms with Gasteiger partial charge < -0.3 is 4.90 Å². The highest BCUT2D eigenvalue weighted by Gasteiger charge is 2.24. The molecule has 0 amide bonds. The number of halogens is 1. The number of anilines is 1. The Bertz CT molecular complexity index is 1140. The molecule has 0 atom stereocenters. The monoisotopic (exact) mass is 422 g/mol. The molecule has 6 nitrogen and oxygen atoms in total. The summed E-state index contributed by atoms with van der Waals surface area (Å²) in [6.45, 7) is 8.49. The third-order valence-electron chi connectivity index (χ3n) is 5.58. The van der Waals surface area contributed by atoms with Crippen LogP contribution in [0.5, 0.6) is 0 Å². The van der Waals surface area contributed by atoms with E-state index in [2.05, 4.69) is 28.6 Å². The van der Waals surface area contributed by atoms with Gasteiger partial charge in [-0.3, -0.25) is 9.88 Å². The molecule has 0 unspecified atom stereocenters. The Kier molecular flexibility index (Phi) is 4.96. The number of aromatic nitrogens is 4. The summed E-state index contributed by atoms with van der Waals surface area (Å²) in [5.41, 5.74) is 3.56. The van der Waals surface area contributed by atoms with E-state index in [1.807, 2.05) is 16.6 Å². The number of rotatable bonds is 4. The standard InChI is InChI=1S/C22H23FN6S/c1-15(2)27-11-13-28(14-12-27)22-26-29-20(17-7-9-24-10-8-17)19(25-21(29)30-22)16-3-5-18(23)6-4-16/h3-10,15H,11-14H2,1-2H3. The van der Waals surface area contributed by atoms with Crippen LogP contribution in [0.3, 0.4) is 0 Å². The molecule has 8 heteroatoms. The van der Waals surface area contributed by atoms with Gasteiger partial charge in [0.15, 0.2) is 0 Å². The van der Waals surface area contributed by atoms with E-state index in [0.717, 1.165) is 58.8 Å². The highest BCUT2D eigenvalue weighted by molar-refractivity contribution is 7.20. The second-order valence-corrected chi connectivity index (χ2v) is 8.68. The van der Waals surface area contributed by atoms with Gasteiger partial charge in [-0.1, -0.05) is 11.3 Å². The summed E-state index contributed by atoms with van der Waals surface area (Å²) in [5, 5.41) is 5.92. The van der Waals surface area contributed by atoms with Gasteiger partial charge in [0.1, 0.15) is 17.2 Å². The predicted octanol–water partition coefficient (Wildman–Crippen LogP) is 4.19. The van der Waals surface area contributed by atoms with Crippen LogP contribution in [-0.2, 0) is 0 Å². The molecule has 0 spiro atoms. The number of hydrogen-bond acceptors (Lipinski definition) is 6. The second kappa shape index (κ2) is 7.77. The van der Waals surface area contributed by atoms with Crippen LogP contribution in [0.25, 0.3) is 27.5 Å². The van der Waals surface area contributed by atoms with E-state index >= 15 is 0 Å². The van der Waals surface area contributed by atoms with Crippen LogP contribution in [-0.4, -0.2) is 56.7 Å². The summed E-state index contributed by atoms with van der Waals surface area (Å²) in [4.78, 5) is 14.7. The van der Waals surface area contributed by atoms with Crippen molar-refractivity contribution in [3.63, 3.8) is 0 Å². The maximum absolute atomic E-state index is 13.5. The van der Waals surface area contributed by atoms with Gasteiger partial charge in [-0.05, 0) is 50.2 Å². The summed E-state index contributed by atoms with van der Waals surface area (Å²) < 4.78 is 15.4. The van der Waals surface area contributed by atoms with Gasteiger partial charge in [0, 0.05) is 55.7 Å². The minimum Gasteiger partial charge on any atom is -0.344 e. The largest absolute Gasteiger partial charge is 0.344 e. The normalized spacial score (nSPS) is 15.4. The van der Waals surface area contributed by atoms with E-state index in [4.69, 9.17) is 10.1 Å². The molecule has 3 aromatic heterocycles. The van der Waals surface area contributed by atoms with Crippen molar-refractivity contribution in [2.24, 2.45) is 0 Å². The first kappa shape index (κ1) is 19.1. The van der Waals surface area contributed by atoms with E-state index in [1.54, 1.807) is 35.9 Å². The molecule has 1 saturated heterocycles. The summed E-state index contributed by atoms with van der Waals surface area (Å²) >= 11 is 1.60. The Labute approximate surface area is 178 Å². The second-order valence-electron chi connectivity index (χ2n) is 7.75. The Morgan fingerprint density at radius 3 is 2.30 bits per heavy atom. The molecule has 0 saturated carbocycles. The van der Waals surface area contributed by atoms with Gasteiger partial charge in [-0.2, -0.15) is 0 Å². The van der Waals surface area contributed by atoms with Crippen LogP contribution in [0.4, 0.5) is 9.52 Å². The molecule has 1 fully saturated rings. The number of fused-ring (bicyclic) bond motifs is 1. The first-order chi connectivity index (χ1) is 14.6. The van der Waals surface area contributed by atoms with E-state index in [1.165, 1.54) is 12.1 Å². The third kappa shape index (κ3) is 3.46. The number of hydrogen-bond donors (Lipinski definition) is 0. The number of piperazine rings is 1. The first-order valence-corrected chi connectivity index (χ1v) is 11.0. The minimum absolute atomic E-state index is 0.258. The van der Waals surface area contributed by atoms with Crippen molar-refractivity contribution in [1.29, 1.82) is 0 Å². The van der Waals surface area contributed by atoms with Crippen molar-refractivity contribution in [3.05, 3.63) is 54.6 Å².